The molecule has 0 aromatic carbocycles. The number of ether oxygens (including phenoxy) is 1. The van der Waals surface area contributed by atoms with Crippen LogP contribution in [0.2, 0.25) is 0 Å². The van der Waals surface area contributed by atoms with Crippen LogP contribution in [0, 0.1) is 0 Å². The molecule has 0 amide bonds. The highest BCUT2D eigenvalue weighted by atomic mass is 16.5. The Morgan fingerprint density at radius 2 is 1.31 bits per heavy atom. The number of hydrogen-bond acceptors (Lipinski definition) is 4. The fourth-order valence-electron chi connectivity index (χ4n) is 3.10. The van der Waals surface area contributed by atoms with Gasteiger partial charge in [-0.25, -0.2) is 0 Å². The number of unbranched alkanes of at least 4 members (excludes halogenated alkanes) is 12. The minimum atomic E-state index is -0.961. The number of carbonyl (C=O) groups excluding carboxylic acids is 1. The number of rotatable bonds is 21. The molecule has 4 nitrogen and oxygen atoms in total. The predicted molar refractivity (Wildman–Crippen MR) is 122 cm³/mol. The zero-order chi connectivity index (χ0) is 21.4. The fraction of sp³-hybridized carbons (Fsp3) is 0.800. The molecule has 0 heterocycles. The maximum absolute atomic E-state index is 11.4. The minimum Gasteiger partial charge on any atom is -0.463 e. The van der Waals surface area contributed by atoms with Crippen LogP contribution < -0.4 is 0 Å². The summed E-state index contributed by atoms with van der Waals surface area (Å²) in [6.45, 7) is 1.76. The van der Waals surface area contributed by atoms with E-state index in [9.17, 15) is 4.79 Å². The Morgan fingerprint density at radius 3 is 1.86 bits per heavy atom. The van der Waals surface area contributed by atoms with Crippen molar-refractivity contribution in [2.45, 2.75) is 116 Å². The van der Waals surface area contributed by atoms with Crippen molar-refractivity contribution in [2.24, 2.45) is 0 Å². The summed E-state index contributed by atoms with van der Waals surface area (Å²) in [6, 6.07) is 0. The third kappa shape index (κ3) is 23.0. The van der Waals surface area contributed by atoms with Crippen LogP contribution in [0.3, 0.4) is 0 Å². The van der Waals surface area contributed by atoms with E-state index < -0.39 is 6.10 Å². The van der Waals surface area contributed by atoms with Crippen LogP contribution in [0.15, 0.2) is 24.3 Å². The Bertz CT molecular complexity index is 404. The topological polar surface area (TPSA) is 66.8 Å². The molecule has 0 fully saturated rings. The van der Waals surface area contributed by atoms with Gasteiger partial charge < -0.3 is 14.9 Å². The molecule has 0 aliphatic rings. The van der Waals surface area contributed by atoms with E-state index in [2.05, 4.69) is 31.2 Å². The Hall–Kier alpha value is -1.13. The van der Waals surface area contributed by atoms with E-state index in [0.29, 0.717) is 6.42 Å². The van der Waals surface area contributed by atoms with Gasteiger partial charge in [0.2, 0.25) is 0 Å². The van der Waals surface area contributed by atoms with Crippen LogP contribution in [0.4, 0.5) is 0 Å². The molecular formula is C25H46O4. The number of hydrogen-bond donors (Lipinski definition) is 2. The summed E-state index contributed by atoms with van der Waals surface area (Å²) in [7, 11) is 0. The van der Waals surface area contributed by atoms with Crippen molar-refractivity contribution in [2.75, 3.05) is 13.2 Å². The van der Waals surface area contributed by atoms with Gasteiger partial charge in [-0.15, -0.1) is 0 Å². The zero-order valence-electron chi connectivity index (χ0n) is 18.8. The van der Waals surface area contributed by atoms with Crippen molar-refractivity contribution in [1.29, 1.82) is 0 Å². The quantitative estimate of drug-likeness (QED) is 0.133. The van der Waals surface area contributed by atoms with Crippen molar-refractivity contribution in [3.05, 3.63) is 24.3 Å². The van der Waals surface area contributed by atoms with E-state index in [-0.39, 0.29) is 19.2 Å². The Kier molecular flexibility index (Phi) is 22.2. The third-order valence-corrected chi connectivity index (χ3v) is 4.98. The lowest BCUT2D eigenvalue weighted by molar-refractivity contribution is -0.147. The second-order valence-corrected chi connectivity index (χ2v) is 7.91. The monoisotopic (exact) mass is 410 g/mol. The summed E-state index contributed by atoms with van der Waals surface area (Å²) >= 11 is 0. The van der Waals surface area contributed by atoms with Crippen LogP contribution >= 0.6 is 0 Å². The lowest BCUT2D eigenvalue weighted by Crippen LogP contribution is -2.21. The molecule has 170 valence electrons. The number of aliphatic hydroxyl groups excluding tert-OH is 2. The summed E-state index contributed by atoms with van der Waals surface area (Å²) in [5.74, 6) is -0.283. The van der Waals surface area contributed by atoms with Gasteiger partial charge in [0.25, 0.3) is 0 Å². The minimum absolute atomic E-state index is 0.110. The first-order chi connectivity index (χ1) is 14.2. The average Bonchev–Trinajstić information content (AvgIpc) is 2.73. The molecule has 2 N–H and O–H groups in total. The molecule has 0 saturated carbocycles. The van der Waals surface area contributed by atoms with Gasteiger partial charge in [0.05, 0.1) is 6.61 Å². The first kappa shape index (κ1) is 27.9. The Labute approximate surface area is 179 Å². The average molecular weight is 411 g/mol. The smallest absolute Gasteiger partial charge is 0.305 e. The second-order valence-electron chi connectivity index (χ2n) is 7.91. The summed E-state index contributed by atoms with van der Waals surface area (Å²) in [5.41, 5.74) is 0. The van der Waals surface area contributed by atoms with E-state index in [4.69, 9.17) is 14.9 Å². The molecule has 29 heavy (non-hydrogen) atoms. The standard InChI is InChI=1S/C25H46O4/c1-2-3-4-5-6-7-8-9-10-11-12-13-14-15-16-17-18-19-20-21-25(28)29-23-24(27)22-26/h6-7,9-10,24,26-27H,2-5,8,11-23H2,1H3. The van der Waals surface area contributed by atoms with E-state index in [1.165, 1.54) is 77.0 Å². The van der Waals surface area contributed by atoms with Crippen molar-refractivity contribution in [3.63, 3.8) is 0 Å². The van der Waals surface area contributed by atoms with Crippen LogP contribution in [0.5, 0.6) is 0 Å². The molecule has 0 aromatic rings. The third-order valence-electron chi connectivity index (χ3n) is 4.98. The molecule has 0 bridgehead atoms. The summed E-state index contributed by atoms with van der Waals surface area (Å²) in [6.07, 6.45) is 27.0. The number of allylic oxidation sites excluding steroid dienone is 4. The van der Waals surface area contributed by atoms with E-state index in [1.54, 1.807) is 0 Å². The van der Waals surface area contributed by atoms with Crippen LogP contribution in [0.25, 0.3) is 0 Å². The summed E-state index contributed by atoms with van der Waals surface area (Å²) < 4.78 is 4.87. The first-order valence-corrected chi connectivity index (χ1v) is 11.9. The van der Waals surface area contributed by atoms with Gasteiger partial charge in [0.15, 0.2) is 0 Å². The molecule has 1 unspecified atom stereocenters. The highest BCUT2D eigenvalue weighted by Crippen LogP contribution is 2.12. The van der Waals surface area contributed by atoms with Gasteiger partial charge in [0, 0.05) is 6.42 Å². The SMILES string of the molecule is CCCCCC=CCC=CCCCCCCCCCCCC(=O)OCC(O)CO. The fourth-order valence-corrected chi connectivity index (χ4v) is 3.10. The summed E-state index contributed by atoms with van der Waals surface area (Å²) in [5, 5.41) is 17.8. The molecule has 0 aromatic heterocycles. The van der Waals surface area contributed by atoms with E-state index >= 15 is 0 Å². The lowest BCUT2D eigenvalue weighted by Gasteiger charge is -2.08. The van der Waals surface area contributed by atoms with E-state index in [0.717, 1.165) is 19.3 Å². The largest absolute Gasteiger partial charge is 0.463 e. The Morgan fingerprint density at radius 1 is 0.793 bits per heavy atom. The normalized spacial score (nSPS) is 12.8. The van der Waals surface area contributed by atoms with Gasteiger partial charge in [-0.2, -0.15) is 0 Å². The molecule has 0 rings (SSSR count). The molecule has 0 aliphatic carbocycles. The molecular weight excluding hydrogens is 364 g/mol. The highest BCUT2D eigenvalue weighted by Gasteiger charge is 2.07. The number of esters is 1. The second kappa shape index (κ2) is 23.2. The van der Waals surface area contributed by atoms with Crippen molar-refractivity contribution < 1.29 is 19.7 Å². The molecule has 1 atom stereocenters. The highest BCUT2D eigenvalue weighted by molar-refractivity contribution is 5.69. The first-order valence-electron chi connectivity index (χ1n) is 11.9. The molecule has 0 spiro atoms. The van der Waals surface area contributed by atoms with Crippen LogP contribution in [-0.4, -0.2) is 35.5 Å². The van der Waals surface area contributed by atoms with Gasteiger partial charge >= 0.3 is 5.97 Å². The predicted octanol–water partition coefficient (Wildman–Crippen LogP) is 6.26. The van der Waals surface area contributed by atoms with Gasteiger partial charge in [-0.1, -0.05) is 89.0 Å². The van der Waals surface area contributed by atoms with Crippen LogP contribution in [-0.2, 0) is 9.53 Å². The zero-order valence-corrected chi connectivity index (χ0v) is 18.8. The summed E-state index contributed by atoms with van der Waals surface area (Å²) in [4.78, 5) is 11.4. The van der Waals surface area contributed by atoms with Crippen molar-refractivity contribution in [3.8, 4) is 0 Å². The molecule has 0 radical (unpaired) electrons. The Balaban J connectivity index is 3.24. The maximum atomic E-state index is 11.4. The van der Waals surface area contributed by atoms with Crippen LogP contribution in [0.1, 0.15) is 110 Å². The van der Waals surface area contributed by atoms with Gasteiger partial charge in [-0.3, -0.25) is 4.79 Å². The lowest BCUT2D eigenvalue weighted by atomic mass is 10.1. The van der Waals surface area contributed by atoms with Gasteiger partial charge in [0.1, 0.15) is 12.7 Å². The van der Waals surface area contributed by atoms with E-state index in [1.807, 2.05) is 0 Å². The number of aliphatic hydroxyl groups is 2. The molecule has 0 saturated heterocycles. The van der Waals surface area contributed by atoms with Crippen molar-refractivity contribution in [1.82, 2.24) is 0 Å². The van der Waals surface area contributed by atoms with Crippen molar-refractivity contribution >= 4 is 5.97 Å². The van der Waals surface area contributed by atoms with Gasteiger partial charge in [-0.05, 0) is 38.5 Å². The molecule has 4 heteroatoms. The maximum Gasteiger partial charge on any atom is 0.305 e. The number of carbonyl (C=O) groups is 1. The molecule has 0 aliphatic heterocycles.